The monoisotopic (exact) mass is 319 g/mol. The van der Waals surface area contributed by atoms with E-state index in [4.69, 9.17) is 16.7 Å². The SMILES string of the molecule is O=C(NN=Cc1ccc(Cl)c([N+](=O)[O-])c1)c1ccc(O)cc1. The van der Waals surface area contributed by atoms with Gasteiger partial charge in [-0.15, -0.1) is 0 Å². The number of phenols is 1. The molecule has 0 atom stereocenters. The number of phenolic OH excluding ortho intramolecular Hbond substituents is 1. The van der Waals surface area contributed by atoms with Crippen molar-refractivity contribution in [3.05, 3.63) is 68.7 Å². The van der Waals surface area contributed by atoms with E-state index in [0.29, 0.717) is 11.1 Å². The summed E-state index contributed by atoms with van der Waals surface area (Å²) in [4.78, 5) is 21.9. The van der Waals surface area contributed by atoms with Gasteiger partial charge in [0.2, 0.25) is 0 Å². The molecule has 0 bridgehead atoms. The predicted molar refractivity (Wildman–Crippen MR) is 81.3 cm³/mol. The standard InChI is InChI=1S/C14H10ClN3O4/c15-12-6-1-9(7-13(12)18(21)22)8-16-17-14(20)10-2-4-11(19)5-3-10/h1-8,19H,(H,17,20). The van der Waals surface area contributed by atoms with Crippen molar-refractivity contribution in [1.29, 1.82) is 0 Å². The third kappa shape index (κ3) is 3.80. The lowest BCUT2D eigenvalue weighted by molar-refractivity contribution is -0.384. The molecule has 0 heterocycles. The second-order valence-corrected chi connectivity index (χ2v) is 4.62. The average Bonchev–Trinajstić information content (AvgIpc) is 2.49. The Labute approximate surface area is 130 Å². The Morgan fingerprint density at radius 2 is 1.95 bits per heavy atom. The Morgan fingerprint density at radius 1 is 1.27 bits per heavy atom. The first kappa shape index (κ1) is 15.5. The Kier molecular flexibility index (Phi) is 4.70. The van der Waals surface area contributed by atoms with Crippen molar-refractivity contribution < 1.29 is 14.8 Å². The summed E-state index contributed by atoms with van der Waals surface area (Å²) in [7, 11) is 0. The van der Waals surface area contributed by atoms with E-state index in [-0.39, 0.29) is 16.5 Å². The number of amides is 1. The Bertz CT molecular complexity index is 744. The molecular formula is C14H10ClN3O4. The van der Waals surface area contributed by atoms with E-state index in [1.807, 2.05) is 0 Å². The highest BCUT2D eigenvalue weighted by molar-refractivity contribution is 6.32. The van der Waals surface area contributed by atoms with Crippen LogP contribution in [0.15, 0.2) is 47.6 Å². The van der Waals surface area contributed by atoms with Gasteiger partial charge in [0.25, 0.3) is 11.6 Å². The number of nitrogens with zero attached hydrogens (tertiary/aromatic N) is 2. The highest BCUT2D eigenvalue weighted by atomic mass is 35.5. The van der Waals surface area contributed by atoms with Crippen molar-refractivity contribution in [1.82, 2.24) is 5.43 Å². The largest absolute Gasteiger partial charge is 0.508 e. The molecule has 0 saturated carbocycles. The molecule has 0 aliphatic carbocycles. The van der Waals surface area contributed by atoms with E-state index in [1.54, 1.807) is 0 Å². The average molecular weight is 320 g/mol. The van der Waals surface area contributed by atoms with Crippen LogP contribution in [0.2, 0.25) is 5.02 Å². The number of carbonyl (C=O) groups is 1. The molecule has 0 aliphatic heterocycles. The van der Waals surface area contributed by atoms with Crippen molar-refractivity contribution >= 4 is 29.4 Å². The van der Waals surface area contributed by atoms with Crippen molar-refractivity contribution in [2.75, 3.05) is 0 Å². The first-order valence-corrected chi connectivity index (χ1v) is 6.41. The first-order chi connectivity index (χ1) is 10.5. The number of carbonyl (C=O) groups excluding carboxylic acids is 1. The molecule has 22 heavy (non-hydrogen) atoms. The van der Waals surface area contributed by atoms with Gasteiger partial charge in [0.1, 0.15) is 10.8 Å². The molecule has 0 aliphatic rings. The van der Waals surface area contributed by atoms with E-state index in [2.05, 4.69) is 10.5 Å². The minimum atomic E-state index is -0.602. The number of aromatic hydroxyl groups is 1. The fraction of sp³-hybridized carbons (Fsp3) is 0. The van der Waals surface area contributed by atoms with Gasteiger partial charge < -0.3 is 5.11 Å². The molecule has 2 aromatic carbocycles. The van der Waals surface area contributed by atoms with Crippen LogP contribution in [-0.4, -0.2) is 22.2 Å². The fourth-order valence-corrected chi connectivity index (χ4v) is 1.78. The van der Waals surface area contributed by atoms with E-state index in [9.17, 15) is 14.9 Å². The molecule has 2 rings (SSSR count). The van der Waals surface area contributed by atoms with Crippen LogP contribution in [0.4, 0.5) is 5.69 Å². The first-order valence-electron chi connectivity index (χ1n) is 6.04. The second-order valence-electron chi connectivity index (χ2n) is 4.21. The predicted octanol–water partition coefficient (Wildman–Crippen LogP) is 2.72. The van der Waals surface area contributed by atoms with Crippen molar-refractivity contribution in [3.63, 3.8) is 0 Å². The van der Waals surface area contributed by atoms with Crippen LogP contribution in [-0.2, 0) is 0 Å². The van der Waals surface area contributed by atoms with E-state index in [0.717, 1.165) is 0 Å². The Morgan fingerprint density at radius 3 is 2.59 bits per heavy atom. The maximum absolute atomic E-state index is 11.7. The Hall–Kier alpha value is -2.93. The van der Waals surface area contributed by atoms with Crippen LogP contribution < -0.4 is 5.43 Å². The molecule has 8 heteroatoms. The molecule has 7 nitrogen and oxygen atoms in total. The fourth-order valence-electron chi connectivity index (χ4n) is 1.59. The molecule has 0 saturated heterocycles. The van der Waals surface area contributed by atoms with E-state index in [1.165, 1.54) is 48.7 Å². The maximum Gasteiger partial charge on any atom is 0.288 e. The van der Waals surface area contributed by atoms with Crippen LogP contribution in [0.1, 0.15) is 15.9 Å². The molecule has 0 unspecified atom stereocenters. The lowest BCUT2D eigenvalue weighted by Gasteiger charge is -2.00. The number of hydrogen-bond donors (Lipinski definition) is 2. The van der Waals surface area contributed by atoms with Gasteiger partial charge in [-0.2, -0.15) is 5.10 Å². The summed E-state index contributed by atoms with van der Waals surface area (Å²) >= 11 is 5.69. The third-order valence-corrected chi connectivity index (χ3v) is 3.00. The van der Waals surface area contributed by atoms with E-state index < -0.39 is 10.8 Å². The lowest BCUT2D eigenvalue weighted by Crippen LogP contribution is -2.17. The molecule has 1 amide bonds. The molecular weight excluding hydrogens is 310 g/mol. The van der Waals surface area contributed by atoms with Gasteiger partial charge in [-0.05, 0) is 30.3 Å². The quantitative estimate of drug-likeness (QED) is 0.513. The molecule has 0 spiro atoms. The minimum Gasteiger partial charge on any atom is -0.508 e. The summed E-state index contributed by atoms with van der Waals surface area (Å²) < 4.78 is 0. The van der Waals surface area contributed by atoms with Gasteiger partial charge in [0.15, 0.2) is 0 Å². The highest BCUT2D eigenvalue weighted by Gasteiger charge is 2.11. The zero-order valence-corrected chi connectivity index (χ0v) is 11.8. The number of hydrogen-bond acceptors (Lipinski definition) is 5. The summed E-state index contributed by atoms with van der Waals surface area (Å²) in [6, 6.07) is 9.79. The molecule has 0 fully saturated rings. The van der Waals surface area contributed by atoms with Gasteiger partial charge in [-0.1, -0.05) is 17.7 Å². The van der Waals surface area contributed by atoms with Crippen molar-refractivity contribution in [2.45, 2.75) is 0 Å². The molecule has 0 aromatic heterocycles. The van der Waals surface area contributed by atoms with Crippen molar-refractivity contribution in [2.24, 2.45) is 5.10 Å². The number of rotatable bonds is 4. The summed E-state index contributed by atoms with van der Waals surface area (Å²) in [6.07, 6.45) is 1.27. The molecule has 112 valence electrons. The van der Waals surface area contributed by atoms with Crippen LogP contribution in [0.5, 0.6) is 5.75 Å². The second kappa shape index (κ2) is 6.68. The number of nitro benzene ring substituents is 1. The third-order valence-electron chi connectivity index (χ3n) is 2.68. The molecule has 2 N–H and O–H groups in total. The van der Waals surface area contributed by atoms with Gasteiger partial charge in [-0.25, -0.2) is 5.43 Å². The lowest BCUT2D eigenvalue weighted by atomic mass is 10.2. The maximum atomic E-state index is 11.7. The number of halogens is 1. The van der Waals surface area contributed by atoms with E-state index >= 15 is 0 Å². The van der Waals surface area contributed by atoms with Gasteiger partial charge in [-0.3, -0.25) is 14.9 Å². The zero-order valence-electron chi connectivity index (χ0n) is 11.1. The number of nitro groups is 1. The topological polar surface area (TPSA) is 105 Å². The number of hydrazone groups is 1. The highest BCUT2D eigenvalue weighted by Crippen LogP contribution is 2.24. The van der Waals surface area contributed by atoms with Crippen molar-refractivity contribution in [3.8, 4) is 5.75 Å². The Balaban J connectivity index is 2.06. The van der Waals surface area contributed by atoms with Crippen LogP contribution in [0.3, 0.4) is 0 Å². The minimum absolute atomic E-state index is 0.0234. The van der Waals surface area contributed by atoms with Gasteiger partial charge >= 0.3 is 0 Å². The van der Waals surface area contributed by atoms with Crippen LogP contribution in [0.25, 0.3) is 0 Å². The number of benzene rings is 2. The summed E-state index contributed by atoms with van der Waals surface area (Å²) in [6.45, 7) is 0. The summed E-state index contributed by atoms with van der Waals surface area (Å²) in [5.41, 5.74) is 2.77. The zero-order chi connectivity index (χ0) is 16.1. The van der Waals surface area contributed by atoms with Crippen LogP contribution in [0, 0.1) is 10.1 Å². The van der Waals surface area contributed by atoms with Gasteiger partial charge in [0, 0.05) is 17.2 Å². The molecule has 0 radical (unpaired) electrons. The van der Waals surface area contributed by atoms with Gasteiger partial charge in [0.05, 0.1) is 11.1 Å². The molecule has 2 aromatic rings. The normalized spacial score (nSPS) is 10.6. The summed E-state index contributed by atoms with van der Waals surface area (Å²) in [5, 5.41) is 23.6. The summed E-state index contributed by atoms with van der Waals surface area (Å²) in [5.74, 6) is -0.423. The number of nitrogens with one attached hydrogen (secondary N) is 1. The van der Waals surface area contributed by atoms with Crippen LogP contribution >= 0.6 is 11.6 Å². The smallest absolute Gasteiger partial charge is 0.288 e.